The van der Waals surface area contributed by atoms with Crippen molar-refractivity contribution in [1.29, 1.82) is 0 Å². The first-order valence-corrected chi connectivity index (χ1v) is 5.58. The fraction of sp³-hybridized carbons (Fsp3) is 0.0909. The third-order valence-electron chi connectivity index (χ3n) is 2.03. The molecule has 5 heteroatoms. The molecule has 0 spiro atoms. The Kier molecular flexibility index (Phi) is 3.16. The first-order valence-electron chi connectivity index (χ1n) is 4.64. The zero-order valence-corrected chi connectivity index (χ0v) is 9.15. The highest BCUT2D eigenvalue weighted by Gasteiger charge is 2.04. The molecule has 0 radical (unpaired) electrons. The van der Waals surface area contributed by atoms with Crippen LogP contribution in [0.25, 0.3) is 0 Å². The van der Waals surface area contributed by atoms with E-state index in [9.17, 15) is 10.1 Å². The van der Waals surface area contributed by atoms with Gasteiger partial charge in [0.05, 0.1) is 4.92 Å². The largest absolute Gasteiger partial charge is 0.489 e. The molecule has 0 saturated heterocycles. The Morgan fingerprint density at radius 3 is 2.56 bits per heavy atom. The fourth-order valence-corrected chi connectivity index (χ4v) is 1.86. The first-order chi connectivity index (χ1) is 7.75. The van der Waals surface area contributed by atoms with Gasteiger partial charge in [-0.3, -0.25) is 10.1 Å². The average Bonchev–Trinajstić information content (AvgIpc) is 2.80. The number of rotatable bonds is 4. The molecule has 0 aliphatic rings. The topological polar surface area (TPSA) is 52.4 Å². The van der Waals surface area contributed by atoms with Crippen molar-refractivity contribution in [3.8, 4) is 5.75 Å². The summed E-state index contributed by atoms with van der Waals surface area (Å²) in [5, 5.41) is 14.4. The van der Waals surface area contributed by atoms with E-state index in [1.54, 1.807) is 23.5 Å². The zero-order chi connectivity index (χ0) is 11.4. The lowest BCUT2D eigenvalue weighted by atomic mass is 10.3. The molecule has 0 fully saturated rings. The number of benzene rings is 1. The van der Waals surface area contributed by atoms with Crippen molar-refractivity contribution in [2.45, 2.75) is 6.61 Å². The van der Waals surface area contributed by atoms with Crippen molar-refractivity contribution in [2.24, 2.45) is 0 Å². The summed E-state index contributed by atoms with van der Waals surface area (Å²) in [4.78, 5) is 10.00. The van der Waals surface area contributed by atoms with Gasteiger partial charge in [0.1, 0.15) is 12.4 Å². The van der Waals surface area contributed by atoms with E-state index in [2.05, 4.69) is 0 Å². The third kappa shape index (κ3) is 2.58. The lowest BCUT2D eigenvalue weighted by molar-refractivity contribution is -0.384. The molecular formula is C11H9NO3S. The van der Waals surface area contributed by atoms with Crippen molar-refractivity contribution in [2.75, 3.05) is 0 Å². The van der Waals surface area contributed by atoms with Gasteiger partial charge in [0.2, 0.25) is 0 Å². The molecule has 1 aromatic heterocycles. The molecule has 0 atom stereocenters. The van der Waals surface area contributed by atoms with E-state index >= 15 is 0 Å². The van der Waals surface area contributed by atoms with Crippen molar-refractivity contribution in [3.63, 3.8) is 0 Å². The molecule has 1 aromatic carbocycles. The van der Waals surface area contributed by atoms with E-state index in [-0.39, 0.29) is 5.69 Å². The molecule has 0 amide bonds. The van der Waals surface area contributed by atoms with Crippen LogP contribution in [0.1, 0.15) is 5.56 Å². The fourth-order valence-electron chi connectivity index (χ4n) is 1.21. The second-order valence-corrected chi connectivity index (χ2v) is 3.95. The van der Waals surface area contributed by atoms with Crippen LogP contribution < -0.4 is 4.74 Å². The van der Waals surface area contributed by atoms with Crippen LogP contribution in [0.3, 0.4) is 0 Å². The summed E-state index contributed by atoms with van der Waals surface area (Å²) in [6.45, 7) is 0.487. The summed E-state index contributed by atoms with van der Waals surface area (Å²) in [5.74, 6) is 0.636. The van der Waals surface area contributed by atoms with Gasteiger partial charge in [0.25, 0.3) is 5.69 Å². The Morgan fingerprint density at radius 2 is 2.00 bits per heavy atom. The minimum atomic E-state index is -0.428. The average molecular weight is 235 g/mol. The molecule has 2 rings (SSSR count). The van der Waals surface area contributed by atoms with E-state index in [0.29, 0.717) is 12.4 Å². The van der Waals surface area contributed by atoms with E-state index in [4.69, 9.17) is 4.74 Å². The van der Waals surface area contributed by atoms with Gasteiger partial charge < -0.3 is 4.74 Å². The maximum Gasteiger partial charge on any atom is 0.269 e. The number of nitro benzene ring substituents is 1. The van der Waals surface area contributed by atoms with Gasteiger partial charge in [0, 0.05) is 12.1 Å². The number of hydrogen-bond acceptors (Lipinski definition) is 4. The molecule has 16 heavy (non-hydrogen) atoms. The molecule has 0 aliphatic carbocycles. The van der Waals surface area contributed by atoms with Gasteiger partial charge >= 0.3 is 0 Å². The maximum atomic E-state index is 10.4. The van der Waals surface area contributed by atoms with Gasteiger partial charge in [0.15, 0.2) is 0 Å². The number of ether oxygens (including phenoxy) is 1. The zero-order valence-electron chi connectivity index (χ0n) is 8.33. The van der Waals surface area contributed by atoms with Crippen LogP contribution in [0, 0.1) is 10.1 Å². The Labute approximate surface area is 96.3 Å². The standard InChI is InChI=1S/C11H9NO3S/c13-12(14)10-1-3-11(4-2-10)15-7-9-5-6-16-8-9/h1-6,8H,7H2. The molecule has 4 nitrogen and oxygen atoms in total. The lowest BCUT2D eigenvalue weighted by Gasteiger charge is -2.03. The van der Waals surface area contributed by atoms with Gasteiger partial charge in [-0.15, -0.1) is 0 Å². The molecule has 0 aliphatic heterocycles. The van der Waals surface area contributed by atoms with Crippen molar-refractivity contribution < 1.29 is 9.66 Å². The number of nitro groups is 1. The molecule has 82 valence electrons. The second-order valence-electron chi connectivity index (χ2n) is 3.17. The van der Waals surface area contributed by atoms with Crippen molar-refractivity contribution in [3.05, 3.63) is 56.8 Å². The Morgan fingerprint density at radius 1 is 1.25 bits per heavy atom. The number of non-ortho nitro benzene ring substituents is 1. The van der Waals surface area contributed by atoms with Crippen LogP contribution in [0.4, 0.5) is 5.69 Å². The number of thiophene rings is 1. The Balaban J connectivity index is 1.98. The van der Waals surface area contributed by atoms with E-state index in [1.807, 2.05) is 16.8 Å². The normalized spacial score (nSPS) is 10.0. The predicted molar refractivity (Wildman–Crippen MR) is 61.7 cm³/mol. The van der Waals surface area contributed by atoms with Gasteiger partial charge in [-0.2, -0.15) is 11.3 Å². The molecule has 2 aromatic rings. The number of nitrogens with zero attached hydrogens (tertiary/aromatic N) is 1. The lowest BCUT2D eigenvalue weighted by Crippen LogP contribution is -1.94. The summed E-state index contributed by atoms with van der Waals surface area (Å²) >= 11 is 1.61. The monoisotopic (exact) mass is 235 g/mol. The smallest absolute Gasteiger partial charge is 0.269 e. The molecule has 0 unspecified atom stereocenters. The second kappa shape index (κ2) is 4.76. The minimum Gasteiger partial charge on any atom is -0.489 e. The summed E-state index contributed by atoms with van der Waals surface area (Å²) < 4.78 is 5.47. The van der Waals surface area contributed by atoms with Gasteiger partial charge in [-0.1, -0.05) is 0 Å². The van der Waals surface area contributed by atoms with Crippen LogP contribution in [-0.2, 0) is 6.61 Å². The van der Waals surface area contributed by atoms with Crippen LogP contribution in [0.5, 0.6) is 5.75 Å². The third-order valence-corrected chi connectivity index (χ3v) is 2.77. The van der Waals surface area contributed by atoms with Crippen LogP contribution >= 0.6 is 11.3 Å². The van der Waals surface area contributed by atoms with Gasteiger partial charge in [-0.05, 0) is 34.5 Å². The molecule has 0 saturated carbocycles. The van der Waals surface area contributed by atoms with E-state index < -0.39 is 4.92 Å². The summed E-state index contributed by atoms with van der Waals surface area (Å²) in [5.41, 5.74) is 1.17. The molecule has 0 N–H and O–H groups in total. The molecule has 1 heterocycles. The summed E-state index contributed by atoms with van der Waals surface area (Å²) in [6, 6.07) is 8.05. The Bertz CT molecular complexity index is 464. The van der Waals surface area contributed by atoms with Crippen molar-refractivity contribution in [1.82, 2.24) is 0 Å². The SMILES string of the molecule is O=[N+]([O-])c1ccc(OCc2ccsc2)cc1. The maximum absolute atomic E-state index is 10.4. The summed E-state index contributed by atoms with van der Waals surface area (Å²) in [6.07, 6.45) is 0. The van der Waals surface area contributed by atoms with Crippen LogP contribution in [-0.4, -0.2) is 4.92 Å². The van der Waals surface area contributed by atoms with Gasteiger partial charge in [-0.25, -0.2) is 0 Å². The molecule has 0 bridgehead atoms. The highest BCUT2D eigenvalue weighted by atomic mass is 32.1. The Hall–Kier alpha value is -1.88. The highest BCUT2D eigenvalue weighted by molar-refractivity contribution is 7.07. The predicted octanol–water partition coefficient (Wildman–Crippen LogP) is 3.24. The van der Waals surface area contributed by atoms with Crippen molar-refractivity contribution >= 4 is 17.0 Å². The molecular weight excluding hydrogens is 226 g/mol. The number of hydrogen-bond donors (Lipinski definition) is 0. The first kappa shape index (κ1) is 10.6. The highest BCUT2D eigenvalue weighted by Crippen LogP contribution is 2.18. The summed E-state index contributed by atoms with van der Waals surface area (Å²) in [7, 11) is 0. The van der Waals surface area contributed by atoms with Crippen LogP contribution in [0.15, 0.2) is 41.1 Å². The quantitative estimate of drug-likeness (QED) is 0.603. The van der Waals surface area contributed by atoms with E-state index in [0.717, 1.165) is 5.56 Å². The van der Waals surface area contributed by atoms with Crippen LogP contribution in [0.2, 0.25) is 0 Å². The van der Waals surface area contributed by atoms with E-state index in [1.165, 1.54) is 12.1 Å². The minimum absolute atomic E-state index is 0.0721.